The van der Waals surface area contributed by atoms with Gasteiger partial charge < -0.3 is 19.7 Å². The topological polar surface area (TPSA) is 102 Å². The van der Waals surface area contributed by atoms with Crippen LogP contribution in [0.25, 0.3) is 11.1 Å². The number of aliphatic hydroxyl groups is 2. The van der Waals surface area contributed by atoms with E-state index in [9.17, 15) is 10.1 Å². The van der Waals surface area contributed by atoms with Crippen molar-refractivity contribution in [3.63, 3.8) is 0 Å². The monoisotopic (exact) mass is 389 g/mol. The van der Waals surface area contributed by atoms with Crippen LogP contribution in [-0.2, 0) is 4.74 Å². The third-order valence-corrected chi connectivity index (χ3v) is 4.22. The van der Waals surface area contributed by atoms with Crippen LogP contribution in [0, 0.1) is 10.1 Å². The molecule has 0 aromatic heterocycles. The molecule has 0 fully saturated rings. The summed E-state index contributed by atoms with van der Waals surface area (Å²) in [6, 6.07) is 14.3. The van der Waals surface area contributed by atoms with Crippen molar-refractivity contribution in [2.24, 2.45) is 0 Å². The predicted molar refractivity (Wildman–Crippen MR) is 106 cm³/mol. The van der Waals surface area contributed by atoms with E-state index in [1.54, 1.807) is 6.07 Å². The first-order valence-corrected chi connectivity index (χ1v) is 9.45. The molecule has 7 heteroatoms. The van der Waals surface area contributed by atoms with Crippen LogP contribution in [0.5, 0.6) is 5.75 Å². The summed E-state index contributed by atoms with van der Waals surface area (Å²) >= 11 is 0. The summed E-state index contributed by atoms with van der Waals surface area (Å²) in [5, 5.41) is 28.9. The Bertz CT molecular complexity index is 722. The Kier molecular flexibility index (Phi) is 9.41. The Labute approximate surface area is 164 Å². The second-order valence-corrected chi connectivity index (χ2v) is 6.48. The van der Waals surface area contributed by atoms with Gasteiger partial charge in [0.25, 0.3) is 5.69 Å². The van der Waals surface area contributed by atoms with Crippen molar-refractivity contribution in [1.29, 1.82) is 0 Å². The molecule has 28 heavy (non-hydrogen) atoms. The number of hydrogen-bond donors (Lipinski definition) is 2. The van der Waals surface area contributed by atoms with Gasteiger partial charge in [-0.2, -0.15) is 0 Å². The first kappa shape index (κ1) is 21.8. The van der Waals surface area contributed by atoms with Gasteiger partial charge >= 0.3 is 0 Å². The van der Waals surface area contributed by atoms with Crippen LogP contribution in [0.4, 0.5) is 5.69 Å². The molecule has 0 saturated carbocycles. The Balaban J connectivity index is 1.79. The van der Waals surface area contributed by atoms with E-state index < -0.39 is 11.0 Å². The minimum Gasteiger partial charge on any atom is -0.493 e. The number of unbranched alkanes of at least 4 members (excludes halogenated alkanes) is 3. The maximum atomic E-state index is 11.1. The van der Waals surface area contributed by atoms with E-state index in [1.807, 2.05) is 30.3 Å². The highest BCUT2D eigenvalue weighted by Gasteiger charge is 2.13. The summed E-state index contributed by atoms with van der Waals surface area (Å²) < 4.78 is 11.1. The van der Waals surface area contributed by atoms with Gasteiger partial charge in [-0.1, -0.05) is 36.8 Å². The van der Waals surface area contributed by atoms with E-state index in [2.05, 4.69) is 0 Å². The maximum absolute atomic E-state index is 11.1. The van der Waals surface area contributed by atoms with Crippen molar-refractivity contribution in [2.45, 2.75) is 31.8 Å². The number of nitro benzene ring substituents is 1. The molecule has 0 bridgehead atoms. The SMILES string of the molecule is O=[N+]([O-])c1ccc(-c2ccccc2)c(OCCCCCCOCC(O)CO)c1. The van der Waals surface area contributed by atoms with E-state index in [-0.39, 0.29) is 18.9 Å². The molecule has 0 heterocycles. The van der Waals surface area contributed by atoms with E-state index in [0.29, 0.717) is 19.0 Å². The van der Waals surface area contributed by atoms with Crippen molar-refractivity contribution in [1.82, 2.24) is 0 Å². The number of rotatable bonds is 13. The molecule has 2 aromatic carbocycles. The molecule has 0 aliphatic carbocycles. The fourth-order valence-electron chi connectivity index (χ4n) is 2.71. The highest BCUT2D eigenvalue weighted by molar-refractivity contribution is 5.72. The van der Waals surface area contributed by atoms with Crippen LogP contribution in [0.1, 0.15) is 25.7 Å². The van der Waals surface area contributed by atoms with Gasteiger partial charge in [0, 0.05) is 18.2 Å². The average molecular weight is 389 g/mol. The molecule has 0 spiro atoms. The quantitative estimate of drug-likeness (QED) is 0.308. The summed E-state index contributed by atoms with van der Waals surface area (Å²) in [6.45, 7) is 0.876. The van der Waals surface area contributed by atoms with Gasteiger partial charge in [-0.3, -0.25) is 10.1 Å². The zero-order chi connectivity index (χ0) is 20.2. The standard InChI is InChI=1S/C21H27NO6/c23-15-19(24)16-27-12-6-1-2-7-13-28-21-14-18(22(25)26)10-11-20(21)17-8-4-3-5-9-17/h3-5,8-11,14,19,23-24H,1-2,6-7,12-13,15-16H2. The largest absolute Gasteiger partial charge is 0.493 e. The molecular formula is C21H27NO6. The maximum Gasteiger partial charge on any atom is 0.273 e. The average Bonchev–Trinajstić information content (AvgIpc) is 2.72. The third-order valence-electron chi connectivity index (χ3n) is 4.22. The number of hydrogen-bond acceptors (Lipinski definition) is 6. The van der Waals surface area contributed by atoms with Crippen molar-refractivity contribution in [3.8, 4) is 16.9 Å². The number of nitrogens with zero attached hydrogens (tertiary/aromatic N) is 1. The van der Waals surface area contributed by atoms with Crippen molar-refractivity contribution in [2.75, 3.05) is 26.4 Å². The minimum atomic E-state index is -0.817. The fraction of sp³-hybridized carbons (Fsp3) is 0.429. The molecule has 1 unspecified atom stereocenters. The molecule has 1 atom stereocenters. The summed E-state index contributed by atoms with van der Waals surface area (Å²) in [5.41, 5.74) is 1.80. The zero-order valence-electron chi connectivity index (χ0n) is 15.8. The Morgan fingerprint density at radius 3 is 2.39 bits per heavy atom. The van der Waals surface area contributed by atoms with Gasteiger partial charge in [-0.05, 0) is 30.9 Å². The number of nitro groups is 1. The first-order chi connectivity index (χ1) is 13.6. The molecule has 0 aliphatic rings. The molecule has 2 aromatic rings. The summed E-state index contributed by atoms with van der Waals surface area (Å²) in [6.07, 6.45) is 2.78. The third kappa shape index (κ3) is 7.26. The fourth-order valence-corrected chi connectivity index (χ4v) is 2.71. The summed E-state index contributed by atoms with van der Waals surface area (Å²) in [7, 11) is 0. The van der Waals surface area contributed by atoms with Gasteiger partial charge in [0.2, 0.25) is 0 Å². The number of non-ortho nitro benzene ring substituents is 1. The molecule has 2 N–H and O–H groups in total. The number of aliphatic hydroxyl groups excluding tert-OH is 2. The molecule has 7 nitrogen and oxygen atoms in total. The molecule has 0 saturated heterocycles. The highest BCUT2D eigenvalue weighted by atomic mass is 16.6. The van der Waals surface area contributed by atoms with Crippen LogP contribution in [0.3, 0.4) is 0 Å². The first-order valence-electron chi connectivity index (χ1n) is 9.45. The van der Waals surface area contributed by atoms with Crippen LogP contribution in [0.15, 0.2) is 48.5 Å². The van der Waals surface area contributed by atoms with Gasteiger partial charge in [0.1, 0.15) is 11.9 Å². The molecule has 0 amide bonds. The lowest BCUT2D eigenvalue weighted by Crippen LogP contribution is -2.19. The van der Waals surface area contributed by atoms with Gasteiger partial charge in [0.15, 0.2) is 0 Å². The Morgan fingerprint density at radius 1 is 1.00 bits per heavy atom. The van der Waals surface area contributed by atoms with Crippen LogP contribution < -0.4 is 4.74 Å². The molecular weight excluding hydrogens is 362 g/mol. The van der Waals surface area contributed by atoms with Crippen molar-refractivity contribution < 1.29 is 24.6 Å². The predicted octanol–water partition coefficient (Wildman–Crippen LogP) is 3.57. The van der Waals surface area contributed by atoms with Gasteiger partial charge in [-0.25, -0.2) is 0 Å². The van der Waals surface area contributed by atoms with E-state index >= 15 is 0 Å². The Hall–Kier alpha value is -2.48. The molecule has 0 aliphatic heterocycles. The van der Waals surface area contributed by atoms with Gasteiger partial charge in [-0.15, -0.1) is 0 Å². The highest BCUT2D eigenvalue weighted by Crippen LogP contribution is 2.33. The van der Waals surface area contributed by atoms with E-state index in [1.165, 1.54) is 12.1 Å². The number of benzene rings is 2. The smallest absolute Gasteiger partial charge is 0.273 e. The normalized spacial score (nSPS) is 11.9. The van der Waals surface area contributed by atoms with Gasteiger partial charge in [0.05, 0.1) is 30.8 Å². The summed E-state index contributed by atoms with van der Waals surface area (Å²) in [5.74, 6) is 0.515. The van der Waals surface area contributed by atoms with Crippen molar-refractivity contribution >= 4 is 5.69 Å². The van der Waals surface area contributed by atoms with Crippen molar-refractivity contribution in [3.05, 3.63) is 58.6 Å². The Morgan fingerprint density at radius 2 is 1.71 bits per heavy atom. The second-order valence-electron chi connectivity index (χ2n) is 6.48. The van der Waals surface area contributed by atoms with E-state index in [4.69, 9.17) is 19.7 Å². The number of ether oxygens (including phenoxy) is 2. The zero-order valence-corrected chi connectivity index (χ0v) is 15.8. The summed E-state index contributed by atoms with van der Waals surface area (Å²) in [4.78, 5) is 10.7. The van der Waals surface area contributed by atoms with Crippen LogP contribution >= 0.6 is 0 Å². The van der Waals surface area contributed by atoms with Crippen LogP contribution in [0.2, 0.25) is 0 Å². The lowest BCUT2D eigenvalue weighted by Gasteiger charge is -2.12. The lowest BCUT2D eigenvalue weighted by molar-refractivity contribution is -0.384. The van der Waals surface area contributed by atoms with Crippen LogP contribution in [-0.4, -0.2) is 47.7 Å². The molecule has 152 valence electrons. The second kappa shape index (κ2) is 12.1. The lowest BCUT2D eigenvalue weighted by atomic mass is 10.0. The molecule has 2 rings (SSSR count). The minimum absolute atomic E-state index is 0.0110. The molecule has 0 radical (unpaired) electrons. The van der Waals surface area contributed by atoms with E-state index in [0.717, 1.165) is 36.8 Å².